The fourth-order valence-electron chi connectivity index (χ4n) is 1.78. The number of benzene rings is 2. The molecule has 0 aliphatic carbocycles. The van der Waals surface area contributed by atoms with Crippen LogP contribution < -0.4 is 10.5 Å². The maximum absolute atomic E-state index is 5.76. The van der Waals surface area contributed by atoms with E-state index in [1.165, 1.54) is 0 Å². The predicted octanol–water partition coefficient (Wildman–Crippen LogP) is 2.31. The number of terminal acetylenes is 1. The summed E-state index contributed by atoms with van der Waals surface area (Å²) in [5.41, 5.74) is 6.76. The standard InChI is InChI=1S/C14H13NO/c1-2-9-16-14-8-7-11-5-3-4-6-12(11)13(14)10-15/h1,3-8H,9-10,15H2. The third-order valence-corrected chi connectivity index (χ3v) is 2.51. The van der Waals surface area contributed by atoms with E-state index in [0.29, 0.717) is 6.54 Å². The number of hydrogen-bond donors (Lipinski definition) is 1. The highest BCUT2D eigenvalue weighted by Crippen LogP contribution is 2.27. The average molecular weight is 211 g/mol. The lowest BCUT2D eigenvalue weighted by Crippen LogP contribution is -2.03. The van der Waals surface area contributed by atoms with Crippen molar-refractivity contribution in [1.29, 1.82) is 0 Å². The first-order chi connectivity index (χ1) is 7.86. The molecule has 0 aliphatic heterocycles. The maximum Gasteiger partial charge on any atom is 0.148 e. The van der Waals surface area contributed by atoms with Gasteiger partial charge >= 0.3 is 0 Å². The number of nitrogens with two attached hydrogens (primary N) is 1. The summed E-state index contributed by atoms with van der Waals surface area (Å²) in [6.07, 6.45) is 5.17. The van der Waals surface area contributed by atoms with E-state index in [0.717, 1.165) is 22.1 Å². The smallest absolute Gasteiger partial charge is 0.148 e. The van der Waals surface area contributed by atoms with Gasteiger partial charge in [0, 0.05) is 12.1 Å². The third kappa shape index (κ3) is 1.86. The first kappa shape index (κ1) is 10.5. The monoisotopic (exact) mass is 211 g/mol. The second kappa shape index (κ2) is 4.69. The van der Waals surface area contributed by atoms with Gasteiger partial charge < -0.3 is 10.5 Å². The first-order valence-corrected chi connectivity index (χ1v) is 5.13. The zero-order valence-electron chi connectivity index (χ0n) is 8.94. The molecule has 0 spiro atoms. The third-order valence-electron chi connectivity index (χ3n) is 2.51. The molecule has 0 bridgehead atoms. The topological polar surface area (TPSA) is 35.2 Å². The lowest BCUT2D eigenvalue weighted by molar-refractivity contribution is 0.367. The molecule has 2 N–H and O–H groups in total. The van der Waals surface area contributed by atoms with Crippen LogP contribution in [-0.4, -0.2) is 6.61 Å². The van der Waals surface area contributed by atoms with Crippen molar-refractivity contribution in [3.63, 3.8) is 0 Å². The Labute approximate surface area is 95.0 Å². The molecule has 0 aromatic heterocycles. The number of ether oxygens (including phenoxy) is 1. The van der Waals surface area contributed by atoms with E-state index < -0.39 is 0 Å². The van der Waals surface area contributed by atoms with E-state index in [2.05, 4.69) is 12.0 Å². The summed E-state index contributed by atoms with van der Waals surface area (Å²) in [4.78, 5) is 0. The van der Waals surface area contributed by atoms with Crippen molar-refractivity contribution in [3.05, 3.63) is 42.0 Å². The van der Waals surface area contributed by atoms with E-state index >= 15 is 0 Å². The van der Waals surface area contributed by atoms with E-state index in [1.54, 1.807) is 0 Å². The summed E-state index contributed by atoms with van der Waals surface area (Å²) in [6.45, 7) is 0.715. The zero-order valence-corrected chi connectivity index (χ0v) is 8.94. The van der Waals surface area contributed by atoms with Crippen LogP contribution in [0.4, 0.5) is 0 Å². The van der Waals surface area contributed by atoms with Gasteiger partial charge in [-0.25, -0.2) is 0 Å². The Balaban J connectivity index is 2.55. The predicted molar refractivity (Wildman–Crippen MR) is 66.2 cm³/mol. The second-order valence-corrected chi connectivity index (χ2v) is 3.46. The molecule has 0 fully saturated rings. The highest BCUT2D eigenvalue weighted by atomic mass is 16.5. The lowest BCUT2D eigenvalue weighted by Gasteiger charge is -2.11. The van der Waals surface area contributed by atoms with Crippen molar-refractivity contribution in [2.45, 2.75) is 6.54 Å². The highest BCUT2D eigenvalue weighted by molar-refractivity contribution is 5.87. The summed E-state index contributed by atoms with van der Waals surface area (Å²) in [5, 5.41) is 2.29. The number of hydrogen-bond acceptors (Lipinski definition) is 2. The van der Waals surface area contributed by atoms with Gasteiger partial charge in [-0.1, -0.05) is 36.3 Å². The fourth-order valence-corrected chi connectivity index (χ4v) is 1.78. The summed E-state index contributed by atoms with van der Waals surface area (Å²) >= 11 is 0. The molecule has 0 unspecified atom stereocenters. The zero-order chi connectivity index (χ0) is 11.4. The van der Waals surface area contributed by atoms with Crippen LogP contribution in [0, 0.1) is 12.3 Å². The molecule has 0 saturated carbocycles. The summed E-state index contributed by atoms with van der Waals surface area (Å²) < 4.78 is 5.47. The quantitative estimate of drug-likeness (QED) is 0.791. The van der Waals surface area contributed by atoms with Crippen molar-refractivity contribution >= 4 is 10.8 Å². The Bertz CT molecular complexity index is 540. The van der Waals surface area contributed by atoms with Crippen molar-refractivity contribution in [2.24, 2.45) is 5.73 Å². The van der Waals surface area contributed by atoms with Gasteiger partial charge in [0.2, 0.25) is 0 Å². The molecule has 2 rings (SSSR count). The molecule has 2 nitrogen and oxygen atoms in total. The average Bonchev–Trinajstić information content (AvgIpc) is 2.35. The van der Waals surface area contributed by atoms with Crippen LogP contribution in [0.5, 0.6) is 5.75 Å². The van der Waals surface area contributed by atoms with Crippen molar-refractivity contribution in [2.75, 3.05) is 6.61 Å². The molecule has 80 valence electrons. The van der Waals surface area contributed by atoms with Crippen LogP contribution >= 0.6 is 0 Å². The Morgan fingerprint density at radius 3 is 2.75 bits per heavy atom. The molecule has 0 saturated heterocycles. The van der Waals surface area contributed by atoms with Gasteiger partial charge in [-0.2, -0.15) is 0 Å². The van der Waals surface area contributed by atoms with Gasteiger partial charge in [0.15, 0.2) is 0 Å². The fraction of sp³-hybridized carbons (Fsp3) is 0.143. The Morgan fingerprint density at radius 1 is 1.19 bits per heavy atom. The number of rotatable bonds is 3. The van der Waals surface area contributed by atoms with Crippen LogP contribution in [0.15, 0.2) is 36.4 Å². The van der Waals surface area contributed by atoms with Crippen LogP contribution in [0.3, 0.4) is 0 Å². The summed E-state index contributed by atoms with van der Waals surface area (Å²) in [6, 6.07) is 12.0. The minimum Gasteiger partial charge on any atom is -0.481 e. The van der Waals surface area contributed by atoms with Gasteiger partial charge in [-0.05, 0) is 16.8 Å². The molecule has 16 heavy (non-hydrogen) atoms. The van der Waals surface area contributed by atoms with E-state index in [9.17, 15) is 0 Å². The van der Waals surface area contributed by atoms with Crippen LogP contribution in [0.25, 0.3) is 10.8 Å². The first-order valence-electron chi connectivity index (χ1n) is 5.13. The molecule has 0 atom stereocenters. The molecular weight excluding hydrogens is 198 g/mol. The minimum absolute atomic E-state index is 0.269. The Morgan fingerprint density at radius 2 is 2.00 bits per heavy atom. The van der Waals surface area contributed by atoms with Gasteiger partial charge in [0.05, 0.1) is 0 Å². The van der Waals surface area contributed by atoms with Gasteiger partial charge in [0.1, 0.15) is 12.4 Å². The number of fused-ring (bicyclic) bond motifs is 1. The highest BCUT2D eigenvalue weighted by Gasteiger charge is 2.06. The van der Waals surface area contributed by atoms with Gasteiger partial charge in [-0.3, -0.25) is 0 Å². The molecule has 2 aromatic rings. The molecule has 0 aliphatic rings. The molecule has 0 radical (unpaired) electrons. The molecule has 0 amide bonds. The Hall–Kier alpha value is -1.98. The molecule has 0 heterocycles. The van der Waals surface area contributed by atoms with E-state index in [1.807, 2.05) is 30.3 Å². The van der Waals surface area contributed by atoms with E-state index in [-0.39, 0.29) is 6.61 Å². The second-order valence-electron chi connectivity index (χ2n) is 3.46. The largest absolute Gasteiger partial charge is 0.481 e. The lowest BCUT2D eigenvalue weighted by atomic mass is 10.0. The van der Waals surface area contributed by atoms with Gasteiger partial charge in [-0.15, -0.1) is 6.42 Å². The van der Waals surface area contributed by atoms with Crippen LogP contribution in [0.2, 0.25) is 0 Å². The van der Waals surface area contributed by atoms with Crippen LogP contribution in [0.1, 0.15) is 5.56 Å². The SMILES string of the molecule is C#CCOc1ccc2ccccc2c1CN. The normalized spacial score (nSPS) is 10.0. The Kier molecular flexibility index (Phi) is 3.09. The molecule has 2 heteroatoms. The van der Waals surface area contributed by atoms with E-state index in [4.69, 9.17) is 16.9 Å². The van der Waals surface area contributed by atoms with Crippen LogP contribution in [-0.2, 0) is 6.54 Å². The molecular formula is C14H13NO. The molecule has 2 aromatic carbocycles. The van der Waals surface area contributed by atoms with Crippen molar-refractivity contribution < 1.29 is 4.74 Å². The summed E-state index contributed by atoms with van der Waals surface area (Å²) in [7, 11) is 0. The van der Waals surface area contributed by atoms with Crippen molar-refractivity contribution in [3.8, 4) is 18.1 Å². The van der Waals surface area contributed by atoms with Crippen molar-refractivity contribution in [1.82, 2.24) is 0 Å². The minimum atomic E-state index is 0.269. The summed E-state index contributed by atoms with van der Waals surface area (Å²) in [5.74, 6) is 3.23. The van der Waals surface area contributed by atoms with Gasteiger partial charge in [0.25, 0.3) is 0 Å². The maximum atomic E-state index is 5.76.